The van der Waals surface area contributed by atoms with E-state index < -0.39 is 6.10 Å². The van der Waals surface area contributed by atoms with Gasteiger partial charge in [-0.1, -0.05) is 13.3 Å². The number of rotatable bonds is 7. The molecular weight excluding hydrogens is 286 g/mol. The third-order valence-electron chi connectivity index (χ3n) is 3.77. The van der Waals surface area contributed by atoms with Crippen molar-refractivity contribution in [1.29, 1.82) is 0 Å². The highest BCUT2D eigenvalue weighted by molar-refractivity contribution is 5.77. The number of amides is 1. The summed E-state index contributed by atoms with van der Waals surface area (Å²) in [5.41, 5.74) is 1.33. The fourth-order valence-corrected chi connectivity index (χ4v) is 2.45. The van der Waals surface area contributed by atoms with Gasteiger partial charge >= 0.3 is 0 Å². The predicted octanol–water partition coefficient (Wildman–Crippen LogP) is 0.458. The van der Waals surface area contributed by atoms with Crippen LogP contribution in [0, 0.1) is 0 Å². The van der Waals surface area contributed by atoms with E-state index in [1.165, 1.54) is 0 Å². The minimum atomic E-state index is -0.971. The second-order valence-electron chi connectivity index (χ2n) is 5.56. The number of carbonyl (C=O) groups excluding carboxylic acids is 1. The minimum absolute atomic E-state index is 0.0185. The largest absolute Gasteiger partial charge is 0.393 e. The first-order valence-corrected chi connectivity index (χ1v) is 7.86. The number of aryl methyl sites for hydroxylation is 1. The van der Waals surface area contributed by atoms with E-state index in [9.17, 15) is 9.90 Å². The molecule has 1 aliphatic heterocycles. The molecule has 22 heavy (non-hydrogen) atoms. The van der Waals surface area contributed by atoms with E-state index >= 15 is 0 Å². The maximum Gasteiger partial charge on any atom is 0.248 e. The number of fused-ring (bicyclic) bond motifs is 1. The molecule has 0 fully saturated rings. The second-order valence-corrected chi connectivity index (χ2v) is 5.56. The number of hydrogen-bond acceptors (Lipinski definition) is 5. The molecule has 0 radical (unpaired) electrons. The van der Waals surface area contributed by atoms with Gasteiger partial charge in [-0.25, -0.2) is 0 Å². The zero-order valence-corrected chi connectivity index (χ0v) is 13.1. The summed E-state index contributed by atoms with van der Waals surface area (Å²) in [6, 6.07) is 1.75. The van der Waals surface area contributed by atoms with Gasteiger partial charge in [0.15, 0.2) is 0 Å². The van der Waals surface area contributed by atoms with Gasteiger partial charge in [0.25, 0.3) is 0 Å². The summed E-state index contributed by atoms with van der Waals surface area (Å²) < 4.78 is 7.20. The molecule has 2 N–H and O–H groups in total. The van der Waals surface area contributed by atoms with E-state index in [0.29, 0.717) is 31.9 Å². The highest BCUT2D eigenvalue weighted by atomic mass is 16.5. The fraction of sp³-hybridized carbons (Fsp3) is 0.733. The topological polar surface area (TPSA) is 87.8 Å². The van der Waals surface area contributed by atoms with Crippen molar-refractivity contribution in [2.75, 3.05) is 26.4 Å². The van der Waals surface area contributed by atoms with Gasteiger partial charge in [-0.3, -0.25) is 9.48 Å². The first kappa shape index (κ1) is 16.9. The van der Waals surface area contributed by atoms with Gasteiger partial charge in [-0.15, -0.1) is 0 Å². The van der Waals surface area contributed by atoms with Crippen LogP contribution in [0.2, 0.25) is 0 Å². The SMILES string of the molecule is CCCCOCC(=O)N1CCCn2nc([C@@H](O)CO)cc2C1. The third kappa shape index (κ3) is 4.28. The number of carbonyl (C=O) groups is 1. The average Bonchev–Trinajstić information content (AvgIpc) is 2.82. The van der Waals surface area contributed by atoms with Crippen molar-refractivity contribution in [1.82, 2.24) is 14.7 Å². The molecule has 7 heteroatoms. The molecule has 0 saturated heterocycles. The van der Waals surface area contributed by atoms with Crippen molar-refractivity contribution in [3.05, 3.63) is 17.5 Å². The maximum atomic E-state index is 12.2. The van der Waals surface area contributed by atoms with E-state index in [4.69, 9.17) is 9.84 Å². The molecule has 0 unspecified atom stereocenters. The summed E-state index contributed by atoms with van der Waals surface area (Å²) in [7, 11) is 0. The van der Waals surface area contributed by atoms with Gasteiger partial charge in [0, 0.05) is 19.7 Å². The lowest BCUT2D eigenvalue weighted by molar-refractivity contribution is -0.136. The first-order chi connectivity index (χ1) is 10.7. The lowest BCUT2D eigenvalue weighted by atomic mass is 10.2. The number of ether oxygens (including phenoxy) is 1. The molecule has 1 aromatic heterocycles. The molecule has 1 aromatic rings. The molecule has 2 rings (SSSR count). The Morgan fingerprint density at radius 2 is 2.32 bits per heavy atom. The highest BCUT2D eigenvalue weighted by Gasteiger charge is 2.22. The summed E-state index contributed by atoms with van der Waals surface area (Å²) >= 11 is 0. The van der Waals surface area contributed by atoms with Crippen LogP contribution in [0.4, 0.5) is 0 Å². The summed E-state index contributed by atoms with van der Waals surface area (Å²) in [4.78, 5) is 14.0. The summed E-state index contributed by atoms with van der Waals surface area (Å²) in [5.74, 6) is -0.0185. The van der Waals surface area contributed by atoms with Crippen LogP contribution in [0.25, 0.3) is 0 Å². The zero-order valence-electron chi connectivity index (χ0n) is 13.1. The van der Waals surface area contributed by atoms with Crippen molar-refractivity contribution in [3.8, 4) is 0 Å². The highest BCUT2D eigenvalue weighted by Crippen LogP contribution is 2.18. The second kappa shape index (κ2) is 8.26. The Labute approximate surface area is 130 Å². The molecule has 1 aliphatic rings. The van der Waals surface area contributed by atoms with Gasteiger partial charge in [-0.2, -0.15) is 5.10 Å². The summed E-state index contributed by atoms with van der Waals surface area (Å²) in [5, 5.41) is 23.0. The third-order valence-corrected chi connectivity index (χ3v) is 3.77. The molecule has 1 amide bonds. The Balaban J connectivity index is 1.95. The monoisotopic (exact) mass is 311 g/mol. The summed E-state index contributed by atoms with van der Waals surface area (Å²) in [6.07, 6.45) is 1.85. The molecule has 0 bridgehead atoms. The summed E-state index contributed by atoms with van der Waals surface area (Å²) in [6.45, 7) is 4.29. The Bertz CT molecular complexity index is 489. The van der Waals surface area contributed by atoms with Crippen molar-refractivity contribution in [2.45, 2.75) is 45.4 Å². The number of aliphatic hydroxyl groups excluding tert-OH is 2. The van der Waals surface area contributed by atoms with E-state index in [2.05, 4.69) is 12.0 Å². The molecule has 0 aliphatic carbocycles. The average molecular weight is 311 g/mol. The van der Waals surface area contributed by atoms with Crippen LogP contribution < -0.4 is 0 Å². The zero-order chi connectivity index (χ0) is 15.9. The predicted molar refractivity (Wildman–Crippen MR) is 80.0 cm³/mol. The van der Waals surface area contributed by atoms with Crippen molar-refractivity contribution >= 4 is 5.91 Å². The molecule has 124 valence electrons. The van der Waals surface area contributed by atoms with Crippen LogP contribution in [0.15, 0.2) is 6.07 Å². The van der Waals surface area contributed by atoms with Gasteiger partial charge in [0.1, 0.15) is 12.7 Å². The van der Waals surface area contributed by atoms with Crippen molar-refractivity contribution in [3.63, 3.8) is 0 Å². The van der Waals surface area contributed by atoms with Crippen LogP contribution in [0.5, 0.6) is 0 Å². The number of hydrogen-bond donors (Lipinski definition) is 2. The van der Waals surface area contributed by atoms with E-state index in [1.807, 2.05) is 0 Å². The number of nitrogens with zero attached hydrogens (tertiary/aromatic N) is 3. The van der Waals surface area contributed by atoms with Crippen molar-refractivity contribution in [2.24, 2.45) is 0 Å². The molecule has 0 aromatic carbocycles. The van der Waals surface area contributed by atoms with Crippen LogP contribution in [-0.4, -0.2) is 57.2 Å². The van der Waals surface area contributed by atoms with E-state index in [-0.39, 0.29) is 19.1 Å². The van der Waals surface area contributed by atoms with Gasteiger partial charge in [0.2, 0.25) is 5.91 Å². The Kier molecular flexibility index (Phi) is 6.35. The Morgan fingerprint density at radius 1 is 1.50 bits per heavy atom. The number of aromatic nitrogens is 2. The van der Waals surface area contributed by atoms with Gasteiger partial charge < -0.3 is 19.8 Å². The van der Waals surface area contributed by atoms with Crippen molar-refractivity contribution < 1.29 is 19.7 Å². The Hall–Kier alpha value is -1.44. The quantitative estimate of drug-likeness (QED) is 0.714. The normalized spacial score (nSPS) is 16.2. The van der Waals surface area contributed by atoms with Crippen LogP contribution >= 0.6 is 0 Å². The lowest BCUT2D eigenvalue weighted by Crippen LogP contribution is -2.33. The lowest BCUT2D eigenvalue weighted by Gasteiger charge is -2.19. The van der Waals surface area contributed by atoms with E-state index in [0.717, 1.165) is 25.0 Å². The smallest absolute Gasteiger partial charge is 0.248 e. The van der Waals surface area contributed by atoms with E-state index in [1.54, 1.807) is 15.6 Å². The van der Waals surface area contributed by atoms with Gasteiger partial charge in [-0.05, 0) is 18.9 Å². The number of aliphatic hydroxyl groups is 2. The van der Waals surface area contributed by atoms with Crippen LogP contribution in [0.1, 0.15) is 43.7 Å². The molecule has 2 heterocycles. The molecular formula is C15H25N3O4. The standard InChI is InChI=1S/C15H25N3O4/c1-2-3-7-22-11-15(21)17-5-4-6-18-12(9-17)8-13(16-18)14(20)10-19/h8,14,19-20H,2-7,9-11H2,1H3/t14-/m0/s1. The maximum absolute atomic E-state index is 12.2. The number of unbranched alkanes of at least 4 members (excludes halogenated alkanes) is 1. The van der Waals surface area contributed by atoms with Gasteiger partial charge in [0.05, 0.1) is 24.5 Å². The molecule has 7 nitrogen and oxygen atoms in total. The molecule has 0 saturated carbocycles. The first-order valence-electron chi connectivity index (χ1n) is 7.86. The molecule has 0 spiro atoms. The minimum Gasteiger partial charge on any atom is -0.393 e. The molecule has 1 atom stereocenters. The Morgan fingerprint density at radius 3 is 3.05 bits per heavy atom. The fourth-order valence-electron chi connectivity index (χ4n) is 2.45. The van der Waals surface area contributed by atoms with Crippen LogP contribution in [-0.2, 0) is 22.6 Å². The van der Waals surface area contributed by atoms with Crippen LogP contribution in [0.3, 0.4) is 0 Å².